The minimum Gasteiger partial charge on any atom is -0.464 e. The molecule has 10 heteroatoms. The van der Waals surface area contributed by atoms with Crippen molar-refractivity contribution in [2.75, 3.05) is 52.6 Å². The molecular weight excluding hydrogens is 444 g/mol. The van der Waals surface area contributed by atoms with Gasteiger partial charge in [-0.25, -0.2) is 9.59 Å². The molecule has 0 rings (SSSR count). The van der Waals surface area contributed by atoms with Crippen molar-refractivity contribution in [3.63, 3.8) is 0 Å². The van der Waals surface area contributed by atoms with Gasteiger partial charge >= 0.3 is 24.1 Å². The van der Waals surface area contributed by atoms with Gasteiger partial charge in [-0.2, -0.15) is 0 Å². The molecule has 0 N–H and O–H groups in total. The number of likely N-dealkylation sites (N-methyl/N-ethyl adjacent to an activating group) is 2. The second-order valence-corrected chi connectivity index (χ2v) is 6.68. The van der Waals surface area contributed by atoms with Crippen LogP contribution in [-0.4, -0.2) is 86.5 Å². The standard InChI is InChI=1S/C24H36N2O8/c1-5-25(23(29)31-7-3)19-21(27)33-17-15-13-11-9-10-12-14-16-18-34-22(28)20-26(6-2)24(30)32-8-4/h5-8,13-20H2,1-4H3. The zero-order valence-electron chi connectivity index (χ0n) is 20.6. The first-order valence-electron chi connectivity index (χ1n) is 11.5. The molecule has 0 unspecified atom stereocenters. The van der Waals surface area contributed by atoms with Crippen LogP contribution < -0.4 is 0 Å². The van der Waals surface area contributed by atoms with Crippen LogP contribution in [-0.2, 0) is 28.5 Å². The summed E-state index contributed by atoms with van der Waals surface area (Å²) in [5.41, 5.74) is 0. The van der Waals surface area contributed by atoms with Gasteiger partial charge in [-0.1, -0.05) is 11.8 Å². The number of amides is 2. The van der Waals surface area contributed by atoms with E-state index in [1.54, 1.807) is 27.7 Å². The predicted octanol–water partition coefficient (Wildman–Crippen LogP) is 2.60. The van der Waals surface area contributed by atoms with Crippen LogP contribution >= 0.6 is 0 Å². The molecule has 0 aliphatic heterocycles. The Morgan fingerprint density at radius 1 is 0.618 bits per heavy atom. The monoisotopic (exact) mass is 480 g/mol. The first kappa shape index (κ1) is 30.6. The molecule has 0 spiro atoms. The van der Waals surface area contributed by atoms with E-state index in [9.17, 15) is 19.2 Å². The van der Waals surface area contributed by atoms with E-state index in [0.29, 0.717) is 38.8 Å². The Morgan fingerprint density at radius 2 is 1.00 bits per heavy atom. The van der Waals surface area contributed by atoms with Gasteiger partial charge in [-0.3, -0.25) is 19.4 Å². The number of ether oxygens (including phenoxy) is 4. The van der Waals surface area contributed by atoms with Crippen LogP contribution in [0.2, 0.25) is 0 Å². The summed E-state index contributed by atoms with van der Waals surface area (Å²) in [6.07, 6.45) is 1.07. The number of hydrogen-bond acceptors (Lipinski definition) is 8. The maximum atomic E-state index is 11.8. The van der Waals surface area contributed by atoms with Crippen LogP contribution in [0.5, 0.6) is 0 Å². The second kappa shape index (κ2) is 20.2. The molecule has 0 saturated heterocycles. The fourth-order valence-corrected chi connectivity index (χ4v) is 2.35. The lowest BCUT2D eigenvalue weighted by molar-refractivity contribution is -0.145. The quantitative estimate of drug-likeness (QED) is 0.161. The van der Waals surface area contributed by atoms with Crippen LogP contribution in [0.1, 0.15) is 53.4 Å². The minimum absolute atomic E-state index is 0.149. The van der Waals surface area contributed by atoms with E-state index < -0.39 is 24.1 Å². The number of unbranched alkanes of at least 4 members (excludes halogenated alkanes) is 2. The smallest absolute Gasteiger partial charge is 0.410 e. The lowest BCUT2D eigenvalue weighted by Crippen LogP contribution is -2.36. The summed E-state index contributed by atoms with van der Waals surface area (Å²) in [6.45, 7) is 8.22. The molecule has 0 saturated carbocycles. The van der Waals surface area contributed by atoms with Crippen molar-refractivity contribution in [3.05, 3.63) is 0 Å². The molecule has 0 aromatic heterocycles. The van der Waals surface area contributed by atoms with Crippen molar-refractivity contribution in [1.82, 2.24) is 9.80 Å². The summed E-state index contributed by atoms with van der Waals surface area (Å²) >= 11 is 0. The number of carbonyl (C=O) groups excluding carboxylic acids is 4. The zero-order valence-corrected chi connectivity index (χ0v) is 20.6. The molecule has 34 heavy (non-hydrogen) atoms. The van der Waals surface area contributed by atoms with Gasteiger partial charge in [0.25, 0.3) is 0 Å². The summed E-state index contributed by atoms with van der Waals surface area (Å²) in [5.74, 6) is 10.2. The number of carbonyl (C=O) groups is 4. The lowest BCUT2D eigenvalue weighted by Gasteiger charge is -2.18. The van der Waals surface area contributed by atoms with E-state index in [2.05, 4.69) is 23.7 Å². The average molecular weight is 481 g/mol. The van der Waals surface area contributed by atoms with Gasteiger partial charge in [0.1, 0.15) is 13.1 Å². The highest BCUT2D eigenvalue weighted by atomic mass is 16.6. The summed E-state index contributed by atoms with van der Waals surface area (Å²) in [4.78, 5) is 49.3. The first-order valence-corrected chi connectivity index (χ1v) is 11.5. The van der Waals surface area contributed by atoms with Crippen molar-refractivity contribution < 1.29 is 38.1 Å². The maximum Gasteiger partial charge on any atom is 0.410 e. The molecule has 0 aliphatic carbocycles. The molecule has 0 fully saturated rings. The molecule has 0 radical (unpaired) electrons. The van der Waals surface area contributed by atoms with E-state index in [4.69, 9.17) is 18.9 Å². The summed E-state index contributed by atoms with van der Waals surface area (Å²) in [7, 11) is 0. The van der Waals surface area contributed by atoms with Crippen LogP contribution in [0.4, 0.5) is 9.59 Å². The van der Waals surface area contributed by atoms with E-state index in [1.807, 2.05) is 0 Å². The molecule has 0 heterocycles. The van der Waals surface area contributed by atoms with Crippen LogP contribution in [0.3, 0.4) is 0 Å². The Hall–Kier alpha value is -3.40. The third-order valence-electron chi connectivity index (χ3n) is 4.11. The highest BCUT2D eigenvalue weighted by Gasteiger charge is 2.17. The molecular formula is C24H36N2O8. The highest BCUT2D eigenvalue weighted by molar-refractivity contribution is 5.78. The molecule has 190 valence electrons. The first-order chi connectivity index (χ1) is 16.4. The minimum atomic E-state index is -0.540. The fourth-order valence-electron chi connectivity index (χ4n) is 2.35. The van der Waals surface area contributed by atoms with Crippen molar-refractivity contribution in [2.24, 2.45) is 0 Å². The van der Waals surface area contributed by atoms with Gasteiger partial charge < -0.3 is 18.9 Å². The third-order valence-corrected chi connectivity index (χ3v) is 4.11. The van der Waals surface area contributed by atoms with Crippen molar-refractivity contribution in [1.29, 1.82) is 0 Å². The number of nitrogens with zero attached hydrogens (tertiary/aromatic N) is 2. The SMILES string of the molecule is CCOC(=O)N(CC)CC(=O)OCCCC#CC#CCCCOC(=O)CN(CC)C(=O)OCC. The van der Waals surface area contributed by atoms with E-state index >= 15 is 0 Å². The summed E-state index contributed by atoms with van der Waals surface area (Å²) in [5, 5.41) is 0. The summed E-state index contributed by atoms with van der Waals surface area (Å²) < 4.78 is 19.9. The third kappa shape index (κ3) is 15.4. The zero-order chi connectivity index (χ0) is 25.6. The fraction of sp³-hybridized carbons (Fsp3) is 0.667. The number of hydrogen-bond donors (Lipinski definition) is 0. The molecule has 0 aromatic carbocycles. The van der Waals surface area contributed by atoms with E-state index in [-0.39, 0.29) is 39.5 Å². The van der Waals surface area contributed by atoms with Gasteiger partial charge in [0.15, 0.2) is 0 Å². The Morgan fingerprint density at radius 3 is 1.32 bits per heavy atom. The lowest BCUT2D eigenvalue weighted by atomic mass is 10.3. The van der Waals surface area contributed by atoms with Gasteiger partial charge in [-0.15, -0.1) is 0 Å². The number of rotatable bonds is 14. The topological polar surface area (TPSA) is 112 Å². The Bertz CT molecular complexity index is 696. The molecule has 0 bridgehead atoms. The Labute approximate surface area is 202 Å². The van der Waals surface area contributed by atoms with Crippen LogP contribution in [0.15, 0.2) is 0 Å². The van der Waals surface area contributed by atoms with Gasteiger partial charge in [0.05, 0.1) is 26.4 Å². The molecule has 0 aromatic rings. The van der Waals surface area contributed by atoms with Crippen molar-refractivity contribution >= 4 is 24.1 Å². The Balaban J connectivity index is 3.92. The van der Waals surface area contributed by atoms with E-state index in [1.165, 1.54) is 9.80 Å². The van der Waals surface area contributed by atoms with Gasteiger partial charge in [0, 0.05) is 25.9 Å². The molecule has 0 atom stereocenters. The Kier molecular flexibility index (Phi) is 18.2. The normalized spacial score (nSPS) is 9.41. The molecule has 10 nitrogen and oxygen atoms in total. The van der Waals surface area contributed by atoms with E-state index in [0.717, 1.165) is 0 Å². The predicted molar refractivity (Wildman–Crippen MR) is 124 cm³/mol. The summed E-state index contributed by atoms with van der Waals surface area (Å²) in [6, 6.07) is 0. The second-order valence-electron chi connectivity index (χ2n) is 6.68. The van der Waals surface area contributed by atoms with Gasteiger partial charge in [-0.05, 0) is 52.4 Å². The molecule has 0 aliphatic rings. The van der Waals surface area contributed by atoms with Crippen molar-refractivity contribution in [3.8, 4) is 23.7 Å². The number of esters is 2. The largest absolute Gasteiger partial charge is 0.464 e. The van der Waals surface area contributed by atoms with Crippen LogP contribution in [0, 0.1) is 23.7 Å². The molecule has 2 amide bonds. The van der Waals surface area contributed by atoms with Gasteiger partial charge in [0.2, 0.25) is 0 Å². The maximum absolute atomic E-state index is 11.8. The van der Waals surface area contributed by atoms with Crippen molar-refractivity contribution in [2.45, 2.75) is 53.4 Å². The average Bonchev–Trinajstić information content (AvgIpc) is 2.81. The highest BCUT2D eigenvalue weighted by Crippen LogP contribution is 1.98. The van der Waals surface area contributed by atoms with Crippen LogP contribution in [0.25, 0.3) is 0 Å².